The number of carboxylic acid groups (broad SMARTS) is 1. The van der Waals surface area contributed by atoms with Crippen LogP contribution < -0.4 is 14.2 Å². The minimum atomic E-state index is -0.841. The molecule has 0 radical (unpaired) electrons. The van der Waals surface area contributed by atoms with Crippen LogP contribution >= 0.6 is 0 Å². The van der Waals surface area contributed by atoms with E-state index in [1.165, 1.54) is 0 Å². The molecule has 1 N–H and O–H groups in total. The van der Waals surface area contributed by atoms with Gasteiger partial charge in [-0.25, -0.2) is 0 Å². The first-order valence-electron chi connectivity index (χ1n) is 15.8. The number of unbranched alkanes of at least 4 members (excludes halogenated alkanes) is 1. The minimum Gasteiger partial charge on any atom is -0.493 e. The van der Waals surface area contributed by atoms with Crippen LogP contribution in [-0.2, 0) is 14.3 Å². The van der Waals surface area contributed by atoms with Gasteiger partial charge in [-0.2, -0.15) is 0 Å². The van der Waals surface area contributed by atoms with Crippen LogP contribution in [0.15, 0.2) is 12.1 Å². The van der Waals surface area contributed by atoms with Crippen molar-refractivity contribution in [3.63, 3.8) is 0 Å². The predicted octanol–water partition coefficient (Wildman–Crippen LogP) is 3.97. The first-order chi connectivity index (χ1) is 20.1. The highest BCUT2D eigenvalue weighted by Crippen LogP contribution is 2.47. The molecule has 2 saturated heterocycles. The molecule has 0 aliphatic carbocycles. The quantitative estimate of drug-likeness (QED) is 0.307. The molecular weight excluding hydrogens is 538 g/mol. The van der Waals surface area contributed by atoms with Crippen LogP contribution in [0.2, 0.25) is 0 Å². The maximum atomic E-state index is 13.8. The van der Waals surface area contributed by atoms with Gasteiger partial charge in [0.2, 0.25) is 18.4 Å². The molecule has 236 valence electrons. The Kier molecular flexibility index (Phi) is 11.4. The lowest BCUT2D eigenvalue weighted by Gasteiger charge is -2.32. The van der Waals surface area contributed by atoms with Crippen molar-refractivity contribution in [1.29, 1.82) is 0 Å². The van der Waals surface area contributed by atoms with Gasteiger partial charge < -0.3 is 33.4 Å². The van der Waals surface area contributed by atoms with Gasteiger partial charge in [0, 0.05) is 44.6 Å². The van der Waals surface area contributed by atoms with Crippen molar-refractivity contribution in [2.24, 2.45) is 5.92 Å². The number of likely N-dealkylation sites (tertiary alicyclic amines) is 1. The highest BCUT2D eigenvalue weighted by molar-refractivity contribution is 5.79. The number of nitrogens with zero attached hydrogens (tertiary/aromatic N) is 3. The van der Waals surface area contributed by atoms with E-state index >= 15 is 0 Å². The summed E-state index contributed by atoms with van der Waals surface area (Å²) in [6, 6.07) is 3.48. The molecule has 1 amide bonds. The number of hydrogen-bond donors (Lipinski definition) is 1. The molecule has 42 heavy (non-hydrogen) atoms. The summed E-state index contributed by atoms with van der Waals surface area (Å²) < 4.78 is 23.7. The third-order valence-corrected chi connectivity index (χ3v) is 8.93. The number of rotatable bonds is 15. The van der Waals surface area contributed by atoms with Crippen molar-refractivity contribution in [1.82, 2.24) is 9.80 Å². The van der Waals surface area contributed by atoms with Gasteiger partial charge in [-0.15, -0.1) is 0 Å². The molecule has 0 aromatic heterocycles. The van der Waals surface area contributed by atoms with Crippen LogP contribution in [0.25, 0.3) is 0 Å². The van der Waals surface area contributed by atoms with Crippen molar-refractivity contribution >= 4 is 11.9 Å². The molecule has 0 bridgehead atoms. The van der Waals surface area contributed by atoms with E-state index < -0.39 is 11.9 Å². The molecule has 4 rings (SSSR count). The number of benzene rings is 1. The summed E-state index contributed by atoms with van der Waals surface area (Å²) in [4.78, 5) is 30.9. The van der Waals surface area contributed by atoms with Crippen LogP contribution in [0.1, 0.15) is 69.8 Å². The van der Waals surface area contributed by atoms with E-state index in [-0.39, 0.29) is 37.3 Å². The molecule has 10 heteroatoms. The second-order valence-electron chi connectivity index (χ2n) is 13.1. The lowest BCUT2D eigenvalue weighted by molar-refractivity contribution is -0.870. The molecule has 10 nitrogen and oxygen atoms in total. The molecule has 1 aromatic rings. The fourth-order valence-corrected chi connectivity index (χ4v) is 6.67. The molecule has 3 aliphatic heterocycles. The highest BCUT2D eigenvalue weighted by atomic mass is 16.7. The zero-order chi connectivity index (χ0) is 30.3. The number of methoxy groups -OCH3 is 1. The summed E-state index contributed by atoms with van der Waals surface area (Å²) >= 11 is 0. The molecule has 2 unspecified atom stereocenters. The van der Waals surface area contributed by atoms with Gasteiger partial charge in [0.1, 0.15) is 0 Å². The number of carbonyl (C=O) groups excluding carboxylic acids is 1. The van der Waals surface area contributed by atoms with Crippen molar-refractivity contribution in [3.8, 4) is 17.2 Å². The first kappa shape index (κ1) is 32.4. The topological polar surface area (TPSA) is 97.8 Å². The van der Waals surface area contributed by atoms with Crippen LogP contribution in [0.5, 0.6) is 17.2 Å². The van der Waals surface area contributed by atoms with Crippen molar-refractivity contribution in [2.45, 2.75) is 76.4 Å². The maximum Gasteiger partial charge on any atom is 0.308 e. The Labute approximate surface area is 251 Å². The van der Waals surface area contributed by atoms with E-state index in [9.17, 15) is 14.7 Å². The van der Waals surface area contributed by atoms with Gasteiger partial charge in [-0.3, -0.25) is 14.5 Å². The first-order valence-corrected chi connectivity index (χ1v) is 15.8. The third-order valence-electron chi connectivity index (χ3n) is 8.93. The Hall–Kier alpha value is -2.56. The fraction of sp³-hybridized carbons (Fsp3) is 0.750. The zero-order valence-corrected chi connectivity index (χ0v) is 26.3. The van der Waals surface area contributed by atoms with E-state index in [2.05, 4.69) is 33.0 Å². The van der Waals surface area contributed by atoms with E-state index in [0.717, 1.165) is 74.7 Å². The van der Waals surface area contributed by atoms with Gasteiger partial charge in [0.25, 0.3) is 0 Å². The van der Waals surface area contributed by atoms with Crippen LogP contribution in [0.3, 0.4) is 0 Å². The summed E-state index contributed by atoms with van der Waals surface area (Å²) in [7, 11) is 8.08. The second-order valence-corrected chi connectivity index (χ2v) is 13.1. The van der Waals surface area contributed by atoms with Crippen LogP contribution in [-0.4, -0.2) is 118 Å². The van der Waals surface area contributed by atoms with Crippen molar-refractivity contribution in [2.75, 3.05) is 74.4 Å². The number of carbonyl (C=O) groups is 2. The molecule has 3 heterocycles. The molecule has 0 saturated carbocycles. The van der Waals surface area contributed by atoms with E-state index in [4.69, 9.17) is 18.9 Å². The predicted molar refractivity (Wildman–Crippen MR) is 160 cm³/mol. The van der Waals surface area contributed by atoms with Crippen molar-refractivity contribution < 1.29 is 38.1 Å². The number of fused-ring (bicyclic) bond motifs is 1. The number of amides is 1. The highest BCUT2D eigenvalue weighted by Gasteiger charge is 2.47. The molecule has 0 spiro atoms. The smallest absolute Gasteiger partial charge is 0.308 e. The van der Waals surface area contributed by atoms with Crippen molar-refractivity contribution in [3.05, 3.63) is 17.7 Å². The summed E-state index contributed by atoms with van der Waals surface area (Å²) in [5.74, 6) is -0.104. The number of carboxylic acids is 1. The maximum absolute atomic E-state index is 13.8. The Morgan fingerprint density at radius 2 is 1.90 bits per heavy atom. The molecular formula is C32H52N3O7+. The number of hydrogen-bond acceptors (Lipinski definition) is 7. The summed E-state index contributed by atoms with van der Waals surface area (Å²) in [6.45, 7) is 6.13. The SMILES string of the molecule is CCCCN(CCC[N+](C)(C)C)C(=O)CN1C[C@H](c2cc(OC)c3c(c2)OCO3)C(C(=O)O)[C@@H]1CCC1CCCCO1. The second kappa shape index (κ2) is 14.8. The molecule has 3 aliphatic rings. The van der Waals surface area contributed by atoms with Crippen LogP contribution in [0.4, 0.5) is 0 Å². The normalized spacial score (nSPS) is 24.1. The van der Waals surface area contributed by atoms with E-state index in [1.54, 1.807) is 7.11 Å². The molecule has 2 fully saturated rings. The average molecular weight is 591 g/mol. The molecule has 1 aromatic carbocycles. The van der Waals surface area contributed by atoms with E-state index in [1.807, 2.05) is 17.0 Å². The van der Waals surface area contributed by atoms with Gasteiger partial charge in [-0.1, -0.05) is 13.3 Å². The third kappa shape index (κ3) is 8.29. The summed E-state index contributed by atoms with van der Waals surface area (Å²) in [6.07, 6.45) is 7.72. The Balaban J connectivity index is 1.58. The number of quaternary nitrogens is 1. The summed E-state index contributed by atoms with van der Waals surface area (Å²) in [5, 5.41) is 10.6. The number of ether oxygens (including phenoxy) is 4. The lowest BCUT2D eigenvalue weighted by atomic mass is 9.83. The van der Waals surface area contributed by atoms with Crippen LogP contribution in [0, 0.1) is 5.92 Å². The minimum absolute atomic E-state index is 0.0804. The Morgan fingerprint density at radius 1 is 1.12 bits per heavy atom. The average Bonchev–Trinajstić information content (AvgIpc) is 3.58. The largest absolute Gasteiger partial charge is 0.493 e. The monoisotopic (exact) mass is 590 g/mol. The zero-order valence-electron chi connectivity index (χ0n) is 26.3. The lowest BCUT2D eigenvalue weighted by Crippen LogP contribution is -2.45. The van der Waals surface area contributed by atoms with Gasteiger partial charge in [-0.05, 0) is 56.2 Å². The Bertz CT molecular complexity index is 1050. The Morgan fingerprint density at radius 3 is 2.57 bits per heavy atom. The number of aliphatic carboxylic acids is 1. The summed E-state index contributed by atoms with van der Waals surface area (Å²) in [5.41, 5.74) is 0.836. The van der Waals surface area contributed by atoms with E-state index in [0.29, 0.717) is 36.8 Å². The standard InChI is InChI=1S/C32H51N3O7/c1-6-7-14-33(15-10-16-35(2,3)4)29(36)21-34-20-25(23-18-27(39-5)31-28(19-23)41-22-42-31)30(32(37)38)26(34)13-12-24-11-8-9-17-40-24/h18-19,24-26,30H,6-17,20-22H2,1-5H3/p+1/t24?,25-,26+,30?/m1/s1. The van der Waals surface area contributed by atoms with Gasteiger partial charge in [0.05, 0.1) is 53.4 Å². The van der Waals surface area contributed by atoms with Gasteiger partial charge >= 0.3 is 5.97 Å². The fourth-order valence-electron chi connectivity index (χ4n) is 6.67. The molecule has 4 atom stereocenters. The van der Waals surface area contributed by atoms with Gasteiger partial charge in [0.15, 0.2) is 11.5 Å².